The van der Waals surface area contributed by atoms with Gasteiger partial charge in [-0.15, -0.1) is 0 Å². The second-order valence-corrected chi connectivity index (χ2v) is 4.86. The van der Waals surface area contributed by atoms with Crippen molar-refractivity contribution in [2.75, 3.05) is 0 Å². The van der Waals surface area contributed by atoms with Gasteiger partial charge in [-0.3, -0.25) is 0 Å². The number of nitriles is 1. The maximum Gasteiger partial charge on any atom is 0.231 e. The lowest BCUT2D eigenvalue weighted by molar-refractivity contribution is 0.378. The highest BCUT2D eigenvalue weighted by Gasteiger charge is 2.43. The largest absolute Gasteiger partial charge is 0.339 e. The van der Waals surface area contributed by atoms with Crippen molar-refractivity contribution in [1.29, 1.82) is 5.26 Å². The van der Waals surface area contributed by atoms with Gasteiger partial charge in [0.15, 0.2) is 0 Å². The lowest BCUT2D eigenvalue weighted by Gasteiger charge is -1.97. The molecule has 0 bridgehead atoms. The molecular weight excluding hydrogens is 275 g/mol. The summed E-state index contributed by atoms with van der Waals surface area (Å²) in [5.41, 5.74) is 0.422. The van der Waals surface area contributed by atoms with Crippen molar-refractivity contribution in [1.82, 2.24) is 15.1 Å². The standard InChI is InChI=1S/C11H6Cl2N4O/c12-6-2-8(13)9(15-4-6)10-16-11(18-17-10)7-1-5(7)3-14/h2,4-5,7H,1H2. The molecule has 1 aliphatic carbocycles. The van der Waals surface area contributed by atoms with Crippen LogP contribution in [0.15, 0.2) is 16.8 Å². The van der Waals surface area contributed by atoms with Crippen LogP contribution < -0.4 is 0 Å². The minimum atomic E-state index is -0.0213. The van der Waals surface area contributed by atoms with Gasteiger partial charge in [-0.2, -0.15) is 10.2 Å². The van der Waals surface area contributed by atoms with E-state index < -0.39 is 0 Å². The molecular formula is C11H6Cl2N4O. The third-order valence-electron chi connectivity index (χ3n) is 2.73. The van der Waals surface area contributed by atoms with Crippen molar-refractivity contribution in [3.63, 3.8) is 0 Å². The van der Waals surface area contributed by atoms with Gasteiger partial charge in [-0.1, -0.05) is 28.4 Å². The maximum atomic E-state index is 8.75. The molecule has 2 heterocycles. The van der Waals surface area contributed by atoms with Gasteiger partial charge < -0.3 is 4.52 Å². The zero-order valence-corrected chi connectivity index (χ0v) is 10.5. The van der Waals surface area contributed by atoms with Crippen LogP contribution in [0.25, 0.3) is 11.5 Å². The Morgan fingerprint density at radius 2 is 2.28 bits per heavy atom. The smallest absolute Gasteiger partial charge is 0.231 e. The minimum absolute atomic E-state index is 0.0213. The highest BCUT2D eigenvalue weighted by Crippen LogP contribution is 2.46. The van der Waals surface area contributed by atoms with Gasteiger partial charge in [0.1, 0.15) is 5.69 Å². The number of halogens is 2. The highest BCUT2D eigenvalue weighted by atomic mass is 35.5. The molecule has 0 aliphatic heterocycles. The Labute approximate surface area is 112 Å². The molecule has 2 atom stereocenters. The number of nitrogens with zero attached hydrogens (tertiary/aromatic N) is 4. The molecule has 0 aromatic carbocycles. The van der Waals surface area contributed by atoms with Crippen molar-refractivity contribution in [3.8, 4) is 17.6 Å². The van der Waals surface area contributed by atoms with Crippen molar-refractivity contribution < 1.29 is 4.52 Å². The summed E-state index contributed by atoms with van der Waals surface area (Å²) in [4.78, 5) is 8.28. The van der Waals surface area contributed by atoms with Crippen LogP contribution in [-0.2, 0) is 0 Å². The first-order chi connectivity index (χ1) is 8.69. The number of pyridine rings is 1. The van der Waals surface area contributed by atoms with Gasteiger partial charge in [0.25, 0.3) is 0 Å². The van der Waals surface area contributed by atoms with Crippen LogP contribution in [0.2, 0.25) is 10.0 Å². The van der Waals surface area contributed by atoms with E-state index in [0.29, 0.717) is 27.5 Å². The summed E-state index contributed by atoms with van der Waals surface area (Å²) in [5.74, 6) is 0.800. The first-order valence-corrected chi connectivity index (χ1v) is 5.99. The molecule has 5 nitrogen and oxygen atoms in total. The molecule has 1 aliphatic rings. The zero-order valence-electron chi connectivity index (χ0n) is 8.97. The molecule has 2 unspecified atom stereocenters. The van der Waals surface area contributed by atoms with E-state index in [-0.39, 0.29) is 11.8 Å². The summed E-state index contributed by atoms with van der Waals surface area (Å²) in [5, 5.41) is 13.4. The van der Waals surface area contributed by atoms with Crippen molar-refractivity contribution in [3.05, 3.63) is 28.2 Å². The fourth-order valence-corrected chi connectivity index (χ4v) is 2.14. The van der Waals surface area contributed by atoms with E-state index in [1.165, 1.54) is 6.20 Å². The van der Waals surface area contributed by atoms with Crippen LogP contribution >= 0.6 is 23.2 Å². The number of hydrogen-bond donors (Lipinski definition) is 0. The molecule has 0 spiro atoms. The maximum absolute atomic E-state index is 8.75. The first-order valence-electron chi connectivity index (χ1n) is 5.23. The molecule has 1 fully saturated rings. The molecule has 2 aromatic heterocycles. The Kier molecular flexibility index (Phi) is 2.69. The third-order valence-corrected chi connectivity index (χ3v) is 3.23. The molecule has 0 amide bonds. The van der Waals surface area contributed by atoms with E-state index in [1.807, 2.05) is 0 Å². The van der Waals surface area contributed by atoms with E-state index >= 15 is 0 Å². The number of rotatable bonds is 2. The van der Waals surface area contributed by atoms with E-state index in [2.05, 4.69) is 21.2 Å². The molecule has 90 valence electrons. The van der Waals surface area contributed by atoms with Gasteiger partial charge in [0.2, 0.25) is 11.7 Å². The van der Waals surface area contributed by atoms with E-state index in [1.54, 1.807) is 6.07 Å². The van der Waals surface area contributed by atoms with Crippen LogP contribution in [-0.4, -0.2) is 15.1 Å². The fraction of sp³-hybridized carbons (Fsp3) is 0.273. The normalized spacial score (nSPS) is 21.6. The van der Waals surface area contributed by atoms with Gasteiger partial charge in [0, 0.05) is 6.20 Å². The molecule has 0 saturated heterocycles. The Morgan fingerprint density at radius 3 is 2.94 bits per heavy atom. The van der Waals surface area contributed by atoms with Crippen molar-refractivity contribution in [2.24, 2.45) is 5.92 Å². The average Bonchev–Trinajstić information content (AvgIpc) is 2.99. The number of hydrogen-bond acceptors (Lipinski definition) is 5. The summed E-state index contributed by atoms with van der Waals surface area (Å²) in [7, 11) is 0. The Balaban J connectivity index is 1.92. The average molecular weight is 281 g/mol. The Hall–Kier alpha value is -1.64. The molecule has 18 heavy (non-hydrogen) atoms. The molecule has 0 N–H and O–H groups in total. The molecule has 3 rings (SSSR count). The summed E-state index contributed by atoms with van der Waals surface area (Å²) >= 11 is 11.8. The molecule has 7 heteroatoms. The minimum Gasteiger partial charge on any atom is -0.339 e. The SMILES string of the molecule is N#CC1CC1c1nc(-c2ncc(Cl)cc2Cl)no1. The Bertz CT molecular complexity index is 649. The van der Waals surface area contributed by atoms with Crippen LogP contribution in [0.1, 0.15) is 18.2 Å². The Morgan fingerprint density at radius 1 is 1.44 bits per heavy atom. The van der Waals surface area contributed by atoms with Crippen LogP contribution in [0, 0.1) is 17.2 Å². The van der Waals surface area contributed by atoms with Gasteiger partial charge in [-0.05, 0) is 12.5 Å². The topological polar surface area (TPSA) is 75.6 Å². The van der Waals surface area contributed by atoms with Crippen molar-refractivity contribution >= 4 is 23.2 Å². The third kappa shape index (κ3) is 1.94. The fourth-order valence-electron chi connectivity index (χ4n) is 1.67. The quantitative estimate of drug-likeness (QED) is 0.845. The first kappa shape index (κ1) is 11.5. The predicted molar refractivity (Wildman–Crippen MR) is 64.0 cm³/mol. The number of aromatic nitrogens is 3. The second-order valence-electron chi connectivity index (χ2n) is 4.02. The monoisotopic (exact) mass is 280 g/mol. The summed E-state index contributed by atoms with van der Waals surface area (Å²) in [6, 6.07) is 3.73. The highest BCUT2D eigenvalue weighted by molar-refractivity contribution is 6.35. The van der Waals surface area contributed by atoms with Crippen LogP contribution in [0.3, 0.4) is 0 Å². The predicted octanol–water partition coefficient (Wildman–Crippen LogP) is 3.07. The summed E-state index contributed by atoms with van der Waals surface area (Å²) in [6.45, 7) is 0. The van der Waals surface area contributed by atoms with Crippen LogP contribution in [0.4, 0.5) is 0 Å². The van der Waals surface area contributed by atoms with E-state index in [9.17, 15) is 0 Å². The lowest BCUT2D eigenvalue weighted by atomic mass is 10.3. The molecule has 2 aromatic rings. The molecule has 1 saturated carbocycles. The zero-order chi connectivity index (χ0) is 12.7. The lowest BCUT2D eigenvalue weighted by Crippen LogP contribution is -1.88. The second kappa shape index (κ2) is 4.23. The van der Waals surface area contributed by atoms with Gasteiger partial charge >= 0.3 is 0 Å². The van der Waals surface area contributed by atoms with Gasteiger partial charge in [-0.25, -0.2) is 4.98 Å². The van der Waals surface area contributed by atoms with Gasteiger partial charge in [0.05, 0.1) is 28.0 Å². The summed E-state index contributed by atoms with van der Waals surface area (Å²) in [6.07, 6.45) is 2.23. The molecule has 0 radical (unpaired) electrons. The van der Waals surface area contributed by atoms with Crippen molar-refractivity contribution in [2.45, 2.75) is 12.3 Å². The van der Waals surface area contributed by atoms with E-state index in [4.69, 9.17) is 33.0 Å². The van der Waals surface area contributed by atoms with Crippen LogP contribution in [0.5, 0.6) is 0 Å². The van der Waals surface area contributed by atoms with E-state index in [0.717, 1.165) is 6.42 Å². The summed E-state index contributed by atoms with van der Waals surface area (Å²) < 4.78 is 5.12.